The zero-order chi connectivity index (χ0) is 15.8. The zero-order valence-electron chi connectivity index (χ0n) is 13.0. The van der Waals surface area contributed by atoms with Crippen molar-refractivity contribution >= 4 is 11.7 Å². The maximum Gasteiger partial charge on any atom is 0.270 e. The van der Waals surface area contributed by atoms with Crippen LogP contribution in [0.2, 0.25) is 0 Å². The molecule has 22 heavy (non-hydrogen) atoms. The van der Waals surface area contributed by atoms with E-state index in [0.717, 1.165) is 30.8 Å². The number of rotatable bonds is 7. The van der Waals surface area contributed by atoms with Crippen LogP contribution in [-0.2, 0) is 6.54 Å². The normalized spacial score (nSPS) is 10.3. The number of unbranched alkanes of at least 4 members (excludes halogenated alkanes) is 1. The van der Waals surface area contributed by atoms with Gasteiger partial charge < -0.3 is 10.2 Å². The second kappa shape index (κ2) is 8.07. The molecule has 6 nitrogen and oxygen atoms in total. The molecule has 116 valence electrons. The van der Waals surface area contributed by atoms with Crippen molar-refractivity contribution in [3.05, 3.63) is 48.2 Å². The summed E-state index contributed by atoms with van der Waals surface area (Å²) in [5, 5.41) is 2.85. The van der Waals surface area contributed by atoms with Gasteiger partial charge in [-0.05, 0) is 24.1 Å². The number of hydrogen-bond donors (Lipinski definition) is 1. The van der Waals surface area contributed by atoms with Crippen molar-refractivity contribution in [1.29, 1.82) is 0 Å². The van der Waals surface area contributed by atoms with Gasteiger partial charge in [-0.1, -0.05) is 13.3 Å². The topological polar surface area (TPSA) is 71.0 Å². The molecule has 0 bridgehead atoms. The second-order valence-corrected chi connectivity index (χ2v) is 5.07. The van der Waals surface area contributed by atoms with Crippen LogP contribution in [-0.4, -0.2) is 34.5 Å². The average Bonchev–Trinajstić information content (AvgIpc) is 2.58. The fourth-order valence-corrected chi connectivity index (χ4v) is 1.96. The molecule has 6 heteroatoms. The van der Waals surface area contributed by atoms with Crippen molar-refractivity contribution in [1.82, 2.24) is 20.3 Å². The molecule has 0 atom stereocenters. The summed E-state index contributed by atoms with van der Waals surface area (Å²) < 4.78 is 0. The van der Waals surface area contributed by atoms with Crippen LogP contribution >= 0.6 is 0 Å². The van der Waals surface area contributed by atoms with Gasteiger partial charge in [-0.3, -0.25) is 9.78 Å². The van der Waals surface area contributed by atoms with Crippen LogP contribution < -0.4 is 10.2 Å². The Hall–Kier alpha value is -2.50. The first-order valence-corrected chi connectivity index (χ1v) is 7.41. The third kappa shape index (κ3) is 4.51. The van der Waals surface area contributed by atoms with Gasteiger partial charge in [0.15, 0.2) is 0 Å². The van der Waals surface area contributed by atoms with E-state index < -0.39 is 0 Å². The highest BCUT2D eigenvalue weighted by Crippen LogP contribution is 2.10. The van der Waals surface area contributed by atoms with Crippen LogP contribution in [0.15, 0.2) is 36.9 Å². The minimum absolute atomic E-state index is 0.204. The summed E-state index contributed by atoms with van der Waals surface area (Å²) in [4.78, 5) is 26.4. The van der Waals surface area contributed by atoms with Gasteiger partial charge in [0, 0.05) is 38.6 Å². The van der Waals surface area contributed by atoms with Gasteiger partial charge in [0.25, 0.3) is 5.91 Å². The summed E-state index contributed by atoms with van der Waals surface area (Å²) >= 11 is 0. The molecule has 0 aliphatic rings. The lowest BCUT2D eigenvalue weighted by molar-refractivity contribution is 0.0945. The molecule has 0 saturated heterocycles. The van der Waals surface area contributed by atoms with E-state index in [0.29, 0.717) is 12.2 Å². The molecule has 0 aliphatic heterocycles. The van der Waals surface area contributed by atoms with Crippen molar-refractivity contribution in [2.45, 2.75) is 26.3 Å². The van der Waals surface area contributed by atoms with Crippen molar-refractivity contribution in [3.63, 3.8) is 0 Å². The van der Waals surface area contributed by atoms with E-state index in [9.17, 15) is 4.79 Å². The van der Waals surface area contributed by atoms with Gasteiger partial charge in [0.2, 0.25) is 0 Å². The Morgan fingerprint density at radius 1 is 1.27 bits per heavy atom. The lowest BCUT2D eigenvalue weighted by Gasteiger charge is -2.17. The first-order valence-electron chi connectivity index (χ1n) is 7.41. The number of hydrogen-bond acceptors (Lipinski definition) is 5. The van der Waals surface area contributed by atoms with Crippen LogP contribution in [0, 0.1) is 0 Å². The Morgan fingerprint density at radius 2 is 2.05 bits per heavy atom. The molecule has 2 heterocycles. The lowest BCUT2D eigenvalue weighted by Crippen LogP contribution is -2.25. The second-order valence-electron chi connectivity index (χ2n) is 5.07. The minimum atomic E-state index is -0.204. The standard InChI is InChI=1S/C16H21N5O/c1-3-4-9-21(2)15-10-14(19-12-20-15)16(22)18-11-13-5-7-17-8-6-13/h5-8,10,12H,3-4,9,11H2,1-2H3,(H,18,22). The van der Waals surface area contributed by atoms with Crippen molar-refractivity contribution in [3.8, 4) is 0 Å². The molecular weight excluding hydrogens is 278 g/mol. The monoisotopic (exact) mass is 299 g/mol. The first-order chi connectivity index (χ1) is 10.7. The number of nitrogens with one attached hydrogen (secondary N) is 1. The highest BCUT2D eigenvalue weighted by atomic mass is 16.1. The fourth-order valence-electron chi connectivity index (χ4n) is 1.96. The molecule has 0 unspecified atom stereocenters. The van der Waals surface area contributed by atoms with E-state index in [1.54, 1.807) is 18.5 Å². The van der Waals surface area contributed by atoms with Gasteiger partial charge in [-0.2, -0.15) is 0 Å². The number of nitrogens with zero attached hydrogens (tertiary/aromatic N) is 4. The van der Waals surface area contributed by atoms with Gasteiger partial charge in [-0.15, -0.1) is 0 Å². The molecule has 0 radical (unpaired) electrons. The average molecular weight is 299 g/mol. The highest BCUT2D eigenvalue weighted by molar-refractivity contribution is 5.92. The molecule has 1 amide bonds. The number of pyridine rings is 1. The summed E-state index contributed by atoms with van der Waals surface area (Å²) in [6, 6.07) is 5.45. The third-order valence-corrected chi connectivity index (χ3v) is 3.33. The van der Waals surface area contributed by atoms with Crippen LogP contribution in [0.1, 0.15) is 35.8 Å². The van der Waals surface area contributed by atoms with Gasteiger partial charge >= 0.3 is 0 Å². The summed E-state index contributed by atoms with van der Waals surface area (Å²) in [7, 11) is 1.97. The molecule has 2 aromatic rings. The molecular formula is C16H21N5O. The number of carbonyl (C=O) groups is 1. The SMILES string of the molecule is CCCCN(C)c1cc(C(=O)NCc2ccncc2)ncn1. The Morgan fingerprint density at radius 3 is 2.77 bits per heavy atom. The lowest BCUT2D eigenvalue weighted by atomic mass is 10.2. The van der Waals surface area contributed by atoms with E-state index in [4.69, 9.17) is 0 Å². The summed E-state index contributed by atoms with van der Waals surface area (Å²) in [6.45, 7) is 3.50. The molecule has 0 fully saturated rings. The fraction of sp³-hybridized carbons (Fsp3) is 0.375. The molecule has 2 aromatic heterocycles. The van der Waals surface area contributed by atoms with E-state index in [2.05, 4.69) is 27.2 Å². The van der Waals surface area contributed by atoms with Crippen LogP contribution in [0.4, 0.5) is 5.82 Å². The summed E-state index contributed by atoms with van der Waals surface area (Å²) in [5.41, 5.74) is 1.38. The Kier molecular flexibility index (Phi) is 5.82. The smallest absolute Gasteiger partial charge is 0.270 e. The van der Waals surface area contributed by atoms with Crippen LogP contribution in [0.5, 0.6) is 0 Å². The van der Waals surface area contributed by atoms with E-state index in [1.165, 1.54) is 6.33 Å². The van der Waals surface area contributed by atoms with E-state index in [-0.39, 0.29) is 5.91 Å². The number of amides is 1. The number of anilines is 1. The van der Waals surface area contributed by atoms with Crippen molar-refractivity contribution < 1.29 is 4.79 Å². The zero-order valence-corrected chi connectivity index (χ0v) is 13.0. The Bertz CT molecular complexity index is 602. The number of aromatic nitrogens is 3. The van der Waals surface area contributed by atoms with E-state index >= 15 is 0 Å². The molecule has 0 saturated carbocycles. The third-order valence-electron chi connectivity index (χ3n) is 3.33. The van der Waals surface area contributed by atoms with Gasteiger partial charge in [0.05, 0.1) is 0 Å². The molecule has 1 N–H and O–H groups in total. The van der Waals surface area contributed by atoms with Crippen molar-refractivity contribution in [2.24, 2.45) is 0 Å². The first kappa shape index (κ1) is 15.9. The molecule has 0 spiro atoms. The van der Waals surface area contributed by atoms with Crippen molar-refractivity contribution in [2.75, 3.05) is 18.5 Å². The maximum atomic E-state index is 12.2. The van der Waals surface area contributed by atoms with Gasteiger partial charge in [0.1, 0.15) is 17.8 Å². The Labute approximate surface area is 130 Å². The minimum Gasteiger partial charge on any atom is -0.360 e. The largest absolute Gasteiger partial charge is 0.360 e. The summed E-state index contributed by atoms with van der Waals surface area (Å²) in [6.07, 6.45) is 7.04. The predicted octanol–water partition coefficient (Wildman–Crippen LogP) is 2.04. The highest BCUT2D eigenvalue weighted by Gasteiger charge is 2.10. The Balaban J connectivity index is 1.97. The summed E-state index contributed by atoms with van der Waals surface area (Å²) in [5.74, 6) is 0.557. The molecule has 2 rings (SSSR count). The molecule has 0 aromatic carbocycles. The van der Waals surface area contributed by atoms with Crippen LogP contribution in [0.3, 0.4) is 0 Å². The van der Waals surface area contributed by atoms with E-state index in [1.807, 2.05) is 24.1 Å². The predicted molar refractivity (Wildman–Crippen MR) is 85.6 cm³/mol. The maximum absolute atomic E-state index is 12.2. The number of carbonyl (C=O) groups excluding carboxylic acids is 1. The molecule has 0 aliphatic carbocycles. The van der Waals surface area contributed by atoms with Crippen LogP contribution in [0.25, 0.3) is 0 Å². The van der Waals surface area contributed by atoms with Gasteiger partial charge in [-0.25, -0.2) is 9.97 Å². The quantitative estimate of drug-likeness (QED) is 0.847.